The predicted molar refractivity (Wildman–Crippen MR) is 114 cm³/mol. The summed E-state index contributed by atoms with van der Waals surface area (Å²) in [4.78, 5) is 36.2. The fourth-order valence-corrected chi connectivity index (χ4v) is 4.63. The number of thiophene rings is 1. The van der Waals surface area contributed by atoms with E-state index < -0.39 is 0 Å². The van der Waals surface area contributed by atoms with E-state index in [1.807, 2.05) is 37.3 Å². The molecule has 2 aromatic heterocycles. The summed E-state index contributed by atoms with van der Waals surface area (Å²) in [6, 6.07) is 9.87. The van der Waals surface area contributed by atoms with Gasteiger partial charge in [0, 0.05) is 32.6 Å². The second-order valence-electron chi connectivity index (χ2n) is 7.12. The molecule has 3 heterocycles. The number of nitrogens with zero attached hydrogens (tertiary/aromatic N) is 2. The maximum absolute atomic E-state index is 12.7. The first-order valence-corrected chi connectivity index (χ1v) is 10.6. The van der Waals surface area contributed by atoms with Crippen LogP contribution in [0.15, 0.2) is 35.1 Å². The number of morpholine rings is 1. The largest absolute Gasteiger partial charge is 0.379 e. The highest BCUT2D eigenvalue weighted by molar-refractivity contribution is 7.20. The summed E-state index contributed by atoms with van der Waals surface area (Å²) < 4.78 is 5.34. The number of ether oxygens (including phenoxy) is 1. The van der Waals surface area contributed by atoms with Gasteiger partial charge in [0.25, 0.3) is 11.5 Å². The molecule has 1 amide bonds. The quantitative estimate of drug-likeness (QED) is 0.646. The van der Waals surface area contributed by atoms with Crippen LogP contribution < -0.4 is 10.9 Å². The topological polar surface area (TPSA) is 87.3 Å². The third-order valence-corrected chi connectivity index (χ3v) is 6.27. The van der Waals surface area contributed by atoms with E-state index >= 15 is 0 Å². The van der Waals surface area contributed by atoms with Crippen molar-refractivity contribution < 1.29 is 9.53 Å². The van der Waals surface area contributed by atoms with Gasteiger partial charge in [-0.25, -0.2) is 4.98 Å². The molecular formula is C21H24N4O3S. The molecule has 2 N–H and O–H groups in total. The van der Waals surface area contributed by atoms with Crippen molar-refractivity contribution in [2.24, 2.45) is 0 Å². The van der Waals surface area contributed by atoms with E-state index in [0.29, 0.717) is 39.4 Å². The Morgan fingerprint density at radius 2 is 2.03 bits per heavy atom. The number of hydrogen-bond donors (Lipinski definition) is 2. The Kier molecular flexibility index (Phi) is 6.03. The molecule has 29 heavy (non-hydrogen) atoms. The number of benzene rings is 1. The van der Waals surface area contributed by atoms with Crippen LogP contribution in [0, 0.1) is 6.92 Å². The Morgan fingerprint density at radius 1 is 1.28 bits per heavy atom. The number of hydrogen-bond acceptors (Lipinski definition) is 6. The number of nitrogens with one attached hydrogen (secondary N) is 2. The minimum Gasteiger partial charge on any atom is -0.379 e. The van der Waals surface area contributed by atoms with Crippen molar-refractivity contribution in [3.63, 3.8) is 0 Å². The summed E-state index contributed by atoms with van der Waals surface area (Å²) in [6.07, 6.45) is 0.546. The molecule has 0 bridgehead atoms. The smallest absolute Gasteiger partial charge is 0.261 e. The standard InChI is InChI=1S/C21H24N4O3S/c1-14-17-19(26)23-16(13-15-5-3-2-4-6-15)24-21(17)29-18(14)20(27)22-7-8-25-9-11-28-12-10-25/h2-6H,7-13H2,1H3,(H,22,27)(H,23,24,26). The van der Waals surface area contributed by atoms with Crippen molar-refractivity contribution in [3.8, 4) is 0 Å². The zero-order valence-corrected chi connectivity index (χ0v) is 17.2. The van der Waals surface area contributed by atoms with Gasteiger partial charge in [0.1, 0.15) is 10.7 Å². The average Bonchev–Trinajstić information content (AvgIpc) is 3.06. The molecule has 3 aromatic rings. The number of amides is 1. The van der Waals surface area contributed by atoms with Crippen molar-refractivity contribution in [2.75, 3.05) is 39.4 Å². The number of aromatic nitrogens is 2. The second kappa shape index (κ2) is 8.86. The lowest BCUT2D eigenvalue weighted by Gasteiger charge is -2.26. The van der Waals surface area contributed by atoms with Gasteiger partial charge < -0.3 is 15.0 Å². The lowest BCUT2D eigenvalue weighted by atomic mass is 10.1. The molecule has 0 aliphatic carbocycles. The first-order valence-electron chi connectivity index (χ1n) is 9.76. The molecule has 0 unspecified atom stereocenters. The average molecular weight is 413 g/mol. The van der Waals surface area contributed by atoms with E-state index in [9.17, 15) is 9.59 Å². The number of carbonyl (C=O) groups excluding carboxylic acids is 1. The highest BCUT2D eigenvalue weighted by Crippen LogP contribution is 2.27. The number of aromatic amines is 1. The summed E-state index contributed by atoms with van der Waals surface area (Å²) in [5.74, 6) is 0.456. The summed E-state index contributed by atoms with van der Waals surface area (Å²) in [5, 5.41) is 3.48. The molecule has 4 rings (SSSR count). The molecule has 7 nitrogen and oxygen atoms in total. The molecule has 1 aliphatic rings. The number of rotatable bonds is 6. The van der Waals surface area contributed by atoms with Crippen LogP contribution in [0.4, 0.5) is 0 Å². The molecule has 1 fully saturated rings. The third-order valence-electron chi connectivity index (χ3n) is 5.09. The summed E-state index contributed by atoms with van der Waals surface area (Å²) in [6.45, 7) is 6.42. The highest BCUT2D eigenvalue weighted by Gasteiger charge is 2.19. The van der Waals surface area contributed by atoms with Gasteiger partial charge in [-0.05, 0) is 18.1 Å². The molecule has 0 saturated carbocycles. The van der Waals surface area contributed by atoms with Gasteiger partial charge in [-0.2, -0.15) is 0 Å². The second-order valence-corrected chi connectivity index (χ2v) is 8.12. The van der Waals surface area contributed by atoms with Crippen molar-refractivity contribution in [2.45, 2.75) is 13.3 Å². The number of carbonyl (C=O) groups is 1. The molecule has 1 saturated heterocycles. The van der Waals surface area contributed by atoms with Crippen LogP contribution in [0.1, 0.15) is 26.6 Å². The van der Waals surface area contributed by atoms with Crippen LogP contribution in [0.25, 0.3) is 10.2 Å². The lowest BCUT2D eigenvalue weighted by molar-refractivity contribution is 0.0383. The SMILES string of the molecule is Cc1c(C(=O)NCCN2CCOCC2)sc2nc(Cc3ccccc3)[nH]c(=O)c12. The minimum absolute atomic E-state index is 0.150. The minimum atomic E-state index is -0.193. The summed E-state index contributed by atoms with van der Waals surface area (Å²) in [7, 11) is 0. The molecule has 152 valence electrons. The van der Waals surface area contributed by atoms with E-state index in [-0.39, 0.29) is 11.5 Å². The maximum Gasteiger partial charge on any atom is 0.261 e. The summed E-state index contributed by atoms with van der Waals surface area (Å²) in [5.41, 5.74) is 1.57. The van der Waals surface area contributed by atoms with Gasteiger partial charge >= 0.3 is 0 Å². The Balaban J connectivity index is 1.49. The Hall–Kier alpha value is -2.55. The first-order chi connectivity index (χ1) is 14.1. The molecule has 8 heteroatoms. The predicted octanol–water partition coefficient (Wildman–Crippen LogP) is 1.95. The van der Waals surface area contributed by atoms with Gasteiger partial charge in [0.05, 0.1) is 23.5 Å². The van der Waals surface area contributed by atoms with Crippen LogP contribution in [-0.2, 0) is 11.2 Å². The van der Waals surface area contributed by atoms with E-state index in [2.05, 4.69) is 20.2 Å². The van der Waals surface area contributed by atoms with Crippen molar-refractivity contribution >= 4 is 27.5 Å². The van der Waals surface area contributed by atoms with E-state index in [1.165, 1.54) is 11.3 Å². The normalized spacial score (nSPS) is 14.9. The highest BCUT2D eigenvalue weighted by atomic mass is 32.1. The van der Waals surface area contributed by atoms with E-state index in [1.54, 1.807) is 0 Å². The number of H-pyrrole nitrogens is 1. The van der Waals surface area contributed by atoms with E-state index in [0.717, 1.165) is 38.4 Å². The summed E-state index contributed by atoms with van der Waals surface area (Å²) >= 11 is 1.28. The zero-order valence-electron chi connectivity index (χ0n) is 16.4. The zero-order chi connectivity index (χ0) is 20.2. The van der Waals surface area contributed by atoms with Gasteiger partial charge in [0.15, 0.2) is 0 Å². The van der Waals surface area contributed by atoms with Crippen molar-refractivity contribution in [3.05, 3.63) is 62.5 Å². The van der Waals surface area contributed by atoms with Crippen LogP contribution in [0.5, 0.6) is 0 Å². The van der Waals surface area contributed by atoms with Gasteiger partial charge in [0.2, 0.25) is 0 Å². The maximum atomic E-state index is 12.7. The Morgan fingerprint density at radius 3 is 2.79 bits per heavy atom. The molecular weight excluding hydrogens is 388 g/mol. The van der Waals surface area contributed by atoms with Gasteiger partial charge in [-0.15, -0.1) is 11.3 Å². The Labute approximate surface area is 172 Å². The van der Waals surface area contributed by atoms with Crippen molar-refractivity contribution in [1.82, 2.24) is 20.2 Å². The van der Waals surface area contributed by atoms with Crippen LogP contribution in [0.3, 0.4) is 0 Å². The number of aryl methyl sites for hydroxylation is 1. The fraction of sp³-hybridized carbons (Fsp3) is 0.381. The van der Waals surface area contributed by atoms with Crippen LogP contribution in [0.2, 0.25) is 0 Å². The lowest BCUT2D eigenvalue weighted by Crippen LogP contribution is -2.41. The molecule has 0 radical (unpaired) electrons. The van der Waals surface area contributed by atoms with Crippen LogP contribution >= 0.6 is 11.3 Å². The monoisotopic (exact) mass is 412 g/mol. The first kappa shape index (κ1) is 19.8. The molecule has 0 spiro atoms. The fourth-order valence-electron chi connectivity index (χ4n) is 3.51. The Bertz CT molecular complexity index is 1050. The third kappa shape index (κ3) is 4.55. The number of fused-ring (bicyclic) bond motifs is 1. The van der Waals surface area contributed by atoms with Crippen molar-refractivity contribution in [1.29, 1.82) is 0 Å². The molecule has 1 aliphatic heterocycles. The van der Waals surface area contributed by atoms with Crippen LogP contribution in [-0.4, -0.2) is 60.2 Å². The van der Waals surface area contributed by atoms with Gasteiger partial charge in [-0.1, -0.05) is 30.3 Å². The molecule has 1 aromatic carbocycles. The molecule has 0 atom stereocenters. The van der Waals surface area contributed by atoms with Gasteiger partial charge in [-0.3, -0.25) is 14.5 Å². The van der Waals surface area contributed by atoms with E-state index in [4.69, 9.17) is 4.74 Å².